The van der Waals surface area contributed by atoms with Crippen LogP contribution in [0.1, 0.15) is 29.2 Å². The fourth-order valence-corrected chi connectivity index (χ4v) is 3.07. The van der Waals surface area contributed by atoms with Gasteiger partial charge in [0.15, 0.2) is 0 Å². The van der Waals surface area contributed by atoms with Gasteiger partial charge in [-0.15, -0.1) is 11.3 Å². The van der Waals surface area contributed by atoms with Gasteiger partial charge in [0.1, 0.15) is 0 Å². The van der Waals surface area contributed by atoms with Gasteiger partial charge < -0.3 is 5.32 Å². The Morgan fingerprint density at radius 1 is 1.35 bits per heavy atom. The third-order valence-electron chi connectivity index (χ3n) is 2.54. The van der Waals surface area contributed by atoms with Crippen LogP contribution >= 0.6 is 27.3 Å². The molecule has 0 aliphatic carbocycles. The summed E-state index contributed by atoms with van der Waals surface area (Å²) in [5, 5.41) is 3.46. The van der Waals surface area contributed by atoms with Crippen LogP contribution in [0.4, 0.5) is 0 Å². The molecule has 1 atom stereocenters. The van der Waals surface area contributed by atoms with Crippen LogP contribution in [-0.4, -0.2) is 9.97 Å². The molecule has 0 aliphatic heterocycles. The molecule has 0 bridgehead atoms. The van der Waals surface area contributed by atoms with Gasteiger partial charge in [-0.25, -0.2) is 0 Å². The Balaban J connectivity index is 1.98. The minimum absolute atomic E-state index is 0.213. The Morgan fingerprint density at radius 3 is 2.76 bits per heavy atom. The molecule has 2 rings (SSSR count). The normalized spacial score (nSPS) is 12.6. The summed E-state index contributed by atoms with van der Waals surface area (Å²) in [5.74, 6) is 0. The molecule has 90 valence electrons. The minimum atomic E-state index is 0.213. The molecule has 17 heavy (non-hydrogen) atoms. The third kappa shape index (κ3) is 3.34. The van der Waals surface area contributed by atoms with E-state index in [1.807, 2.05) is 6.92 Å². The summed E-state index contributed by atoms with van der Waals surface area (Å²) in [7, 11) is 0. The monoisotopic (exact) mass is 311 g/mol. The number of aromatic nitrogens is 2. The first kappa shape index (κ1) is 12.7. The fourth-order valence-electron chi connectivity index (χ4n) is 1.64. The quantitative estimate of drug-likeness (QED) is 0.939. The lowest BCUT2D eigenvalue weighted by atomic mass is 10.2. The summed E-state index contributed by atoms with van der Waals surface area (Å²) in [6.07, 6.45) is 3.46. The minimum Gasteiger partial charge on any atom is -0.304 e. The molecule has 0 saturated heterocycles. The highest BCUT2D eigenvalue weighted by Gasteiger charge is 2.10. The van der Waals surface area contributed by atoms with E-state index in [1.165, 1.54) is 4.88 Å². The van der Waals surface area contributed by atoms with Gasteiger partial charge in [-0.3, -0.25) is 9.97 Å². The molecule has 0 spiro atoms. The fraction of sp³-hybridized carbons (Fsp3) is 0.333. The first-order chi connectivity index (χ1) is 8.16. The summed E-state index contributed by atoms with van der Waals surface area (Å²) >= 11 is 5.21. The van der Waals surface area contributed by atoms with Crippen LogP contribution in [0, 0.1) is 6.92 Å². The maximum absolute atomic E-state index is 4.36. The van der Waals surface area contributed by atoms with Crippen molar-refractivity contribution < 1.29 is 0 Å². The van der Waals surface area contributed by atoms with Crippen LogP contribution in [-0.2, 0) is 6.54 Å². The molecule has 0 saturated carbocycles. The maximum atomic E-state index is 4.36. The first-order valence-electron chi connectivity index (χ1n) is 5.42. The van der Waals surface area contributed by atoms with Crippen LogP contribution in [0.25, 0.3) is 0 Å². The topological polar surface area (TPSA) is 37.8 Å². The molecular weight excluding hydrogens is 298 g/mol. The van der Waals surface area contributed by atoms with Gasteiger partial charge >= 0.3 is 0 Å². The third-order valence-corrected chi connectivity index (χ3v) is 4.16. The van der Waals surface area contributed by atoms with Gasteiger partial charge in [0.2, 0.25) is 0 Å². The summed E-state index contributed by atoms with van der Waals surface area (Å²) in [4.78, 5) is 9.93. The lowest BCUT2D eigenvalue weighted by molar-refractivity contribution is 0.559. The number of hydrogen-bond donors (Lipinski definition) is 1. The van der Waals surface area contributed by atoms with Crippen molar-refractivity contribution >= 4 is 27.3 Å². The van der Waals surface area contributed by atoms with Gasteiger partial charge in [0.05, 0.1) is 15.2 Å². The van der Waals surface area contributed by atoms with E-state index >= 15 is 0 Å². The van der Waals surface area contributed by atoms with E-state index in [1.54, 1.807) is 23.7 Å². The van der Waals surface area contributed by atoms with Crippen molar-refractivity contribution in [3.63, 3.8) is 0 Å². The zero-order chi connectivity index (χ0) is 12.3. The average molecular weight is 312 g/mol. The molecule has 0 radical (unpaired) electrons. The molecule has 0 fully saturated rings. The summed E-state index contributed by atoms with van der Waals surface area (Å²) in [6.45, 7) is 4.95. The van der Waals surface area contributed by atoms with E-state index < -0.39 is 0 Å². The molecular formula is C12H14BrN3S. The highest BCUT2D eigenvalue weighted by Crippen LogP contribution is 2.22. The van der Waals surface area contributed by atoms with E-state index in [0.29, 0.717) is 0 Å². The molecule has 3 nitrogen and oxygen atoms in total. The Hall–Kier alpha value is -0.780. The molecule has 2 aromatic heterocycles. The van der Waals surface area contributed by atoms with Crippen molar-refractivity contribution in [2.24, 2.45) is 0 Å². The van der Waals surface area contributed by atoms with Gasteiger partial charge in [0, 0.05) is 29.9 Å². The maximum Gasteiger partial charge on any atom is 0.0782 e. The van der Waals surface area contributed by atoms with Gasteiger partial charge in [0.25, 0.3) is 0 Å². The van der Waals surface area contributed by atoms with Crippen molar-refractivity contribution in [3.8, 4) is 0 Å². The average Bonchev–Trinajstić information content (AvgIpc) is 2.73. The van der Waals surface area contributed by atoms with Gasteiger partial charge in [-0.1, -0.05) is 0 Å². The van der Waals surface area contributed by atoms with E-state index in [-0.39, 0.29) is 6.04 Å². The largest absolute Gasteiger partial charge is 0.304 e. The standard InChI is InChI=1S/C12H14BrN3S/c1-8-12(15-6-5-14-8)9(2)16-7-10-3-4-11(13)17-10/h3-6,9,16H,7H2,1-2H3. The number of nitrogens with zero attached hydrogens (tertiary/aromatic N) is 2. The number of halogens is 1. The van der Waals surface area contributed by atoms with Crippen molar-refractivity contribution in [3.05, 3.63) is 44.6 Å². The number of hydrogen-bond acceptors (Lipinski definition) is 4. The van der Waals surface area contributed by atoms with E-state index in [0.717, 1.165) is 21.7 Å². The van der Waals surface area contributed by atoms with Gasteiger partial charge in [-0.05, 0) is 41.9 Å². The molecule has 0 aromatic carbocycles. The molecule has 2 heterocycles. The van der Waals surface area contributed by atoms with E-state index in [2.05, 4.69) is 50.3 Å². The second-order valence-electron chi connectivity index (χ2n) is 3.84. The number of rotatable bonds is 4. The summed E-state index contributed by atoms with van der Waals surface area (Å²) < 4.78 is 1.16. The van der Waals surface area contributed by atoms with E-state index in [4.69, 9.17) is 0 Å². The van der Waals surface area contributed by atoms with Crippen LogP contribution in [0.3, 0.4) is 0 Å². The van der Waals surface area contributed by atoms with Crippen LogP contribution in [0.2, 0.25) is 0 Å². The Kier molecular flexibility index (Phi) is 4.25. The molecule has 1 N–H and O–H groups in total. The summed E-state index contributed by atoms with van der Waals surface area (Å²) in [5.41, 5.74) is 2.00. The van der Waals surface area contributed by atoms with E-state index in [9.17, 15) is 0 Å². The number of nitrogens with one attached hydrogen (secondary N) is 1. The Bertz CT molecular complexity index is 498. The van der Waals surface area contributed by atoms with Crippen molar-refractivity contribution in [2.45, 2.75) is 26.4 Å². The Labute approximate surface area is 113 Å². The first-order valence-corrected chi connectivity index (χ1v) is 7.03. The van der Waals surface area contributed by atoms with Crippen molar-refractivity contribution in [1.29, 1.82) is 0 Å². The zero-order valence-electron chi connectivity index (χ0n) is 9.77. The van der Waals surface area contributed by atoms with Crippen LogP contribution in [0.5, 0.6) is 0 Å². The van der Waals surface area contributed by atoms with Crippen LogP contribution < -0.4 is 5.32 Å². The molecule has 0 aliphatic rings. The summed E-state index contributed by atoms with van der Waals surface area (Å²) in [6, 6.07) is 4.40. The number of thiophene rings is 1. The SMILES string of the molecule is Cc1nccnc1C(C)NCc1ccc(Br)s1. The van der Waals surface area contributed by atoms with Crippen molar-refractivity contribution in [2.75, 3.05) is 0 Å². The predicted octanol–water partition coefficient (Wildman–Crippen LogP) is 3.46. The Morgan fingerprint density at radius 2 is 2.12 bits per heavy atom. The lowest BCUT2D eigenvalue weighted by Gasteiger charge is -2.13. The highest BCUT2D eigenvalue weighted by molar-refractivity contribution is 9.11. The lowest BCUT2D eigenvalue weighted by Crippen LogP contribution is -2.19. The van der Waals surface area contributed by atoms with Gasteiger partial charge in [-0.2, -0.15) is 0 Å². The molecule has 1 unspecified atom stereocenters. The molecule has 5 heteroatoms. The molecule has 2 aromatic rings. The predicted molar refractivity (Wildman–Crippen MR) is 74.0 cm³/mol. The second kappa shape index (κ2) is 5.71. The molecule has 0 amide bonds. The smallest absolute Gasteiger partial charge is 0.0782 e. The zero-order valence-corrected chi connectivity index (χ0v) is 12.2. The van der Waals surface area contributed by atoms with Crippen LogP contribution in [0.15, 0.2) is 28.3 Å². The number of aryl methyl sites for hydroxylation is 1. The van der Waals surface area contributed by atoms with Crippen molar-refractivity contribution in [1.82, 2.24) is 15.3 Å². The highest BCUT2D eigenvalue weighted by atomic mass is 79.9. The second-order valence-corrected chi connectivity index (χ2v) is 6.38.